The topological polar surface area (TPSA) is 32.3 Å². The molecule has 2 nitrogen and oxygen atoms in total. The average molecular weight is 585 g/mol. The number of halogens is 17. The molecule has 0 saturated carbocycles. The molecule has 37 heavy (non-hydrogen) atoms. The summed E-state index contributed by atoms with van der Waals surface area (Å²) in [7, 11) is 0. The van der Waals surface area contributed by atoms with Crippen molar-refractivity contribution >= 4 is 0 Å². The van der Waals surface area contributed by atoms with E-state index >= 15 is 0 Å². The van der Waals surface area contributed by atoms with Crippen LogP contribution in [0, 0.1) is 0 Å². The minimum absolute atomic E-state index is 0.134. The summed E-state index contributed by atoms with van der Waals surface area (Å²) in [6.45, 7) is 5.05. The van der Waals surface area contributed by atoms with E-state index in [1.54, 1.807) is 0 Å². The van der Waals surface area contributed by atoms with E-state index in [-0.39, 0.29) is 12.1 Å². The van der Waals surface area contributed by atoms with Crippen LogP contribution in [0.1, 0.15) is 6.42 Å². The summed E-state index contributed by atoms with van der Waals surface area (Å²) in [5.74, 6) is -56.9. The molecule has 0 saturated heterocycles. The molecule has 218 valence electrons. The van der Waals surface area contributed by atoms with Crippen LogP contribution < -0.4 is 5.32 Å². The van der Waals surface area contributed by atoms with Crippen LogP contribution in [0.3, 0.4) is 0 Å². The fourth-order valence-corrected chi connectivity index (χ4v) is 2.36. The monoisotopic (exact) mass is 585 g/mol. The van der Waals surface area contributed by atoms with Gasteiger partial charge in [0.05, 0.1) is 6.10 Å². The number of rotatable bonds is 14. The smallest absolute Gasteiger partial charge is 0.392 e. The molecule has 2 N–H and O–H groups in total. The van der Waals surface area contributed by atoms with Gasteiger partial charge in [0.2, 0.25) is 0 Å². The molecule has 0 amide bonds. The Kier molecular flexibility index (Phi) is 10.0. The van der Waals surface area contributed by atoms with Crippen molar-refractivity contribution in [1.82, 2.24) is 5.32 Å². The third-order valence-electron chi connectivity index (χ3n) is 4.48. The molecule has 0 heterocycles. The standard InChI is InChI=1S/C18H16F17NO/c1-3-4-5-9(2)7-36-8-10(37)6-11(19,20)12(21,22)13(23,24)14(25,26)15(27,28)16(29,30)17(31,32)18(33,34)35/h3-5,10,36-37H,1-2,6-8H2/b5-4+/t10-/m0/s1. The summed E-state index contributed by atoms with van der Waals surface area (Å²) >= 11 is 0. The third kappa shape index (κ3) is 6.01. The second kappa shape index (κ2) is 10.6. The van der Waals surface area contributed by atoms with Gasteiger partial charge in [-0.1, -0.05) is 31.4 Å². The molecular formula is C18H16F17NO. The maximum absolute atomic E-state index is 13.8. The first-order chi connectivity index (χ1) is 16.1. The lowest BCUT2D eigenvalue weighted by atomic mass is 9.87. The zero-order valence-electron chi connectivity index (χ0n) is 17.7. The molecule has 0 fully saturated rings. The molecule has 0 spiro atoms. The normalized spacial score (nSPS) is 16.3. The first kappa shape index (κ1) is 35.0. The van der Waals surface area contributed by atoms with E-state index in [0.717, 1.165) is 0 Å². The zero-order chi connectivity index (χ0) is 30.1. The Morgan fingerprint density at radius 1 is 0.676 bits per heavy atom. The van der Waals surface area contributed by atoms with Gasteiger partial charge in [0.1, 0.15) is 0 Å². The molecule has 0 unspecified atom stereocenters. The minimum atomic E-state index is -8.68. The van der Waals surface area contributed by atoms with Crippen molar-refractivity contribution in [3.8, 4) is 0 Å². The Morgan fingerprint density at radius 2 is 1.05 bits per heavy atom. The molecule has 0 aliphatic carbocycles. The van der Waals surface area contributed by atoms with Crippen LogP contribution in [0.4, 0.5) is 74.6 Å². The lowest BCUT2D eigenvalue weighted by Gasteiger charge is -2.43. The van der Waals surface area contributed by atoms with Crippen molar-refractivity contribution in [1.29, 1.82) is 0 Å². The predicted molar refractivity (Wildman–Crippen MR) is 92.7 cm³/mol. The number of alkyl halides is 17. The Hall–Kier alpha value is -2.05. The molecular weight excluding hydrogens is 569 g/mol. The SMILES string of the molecule is C=C/C=C/C(=C)CNC[C@@H](O)CC(F)(F)C(F)(F)C(F)(F)C(F)(F)C(F)(F)C(F)(F)C(F)(F)C(F)(F)F. The average Bonchev–Trinajstić information content (AvgIpc) is 2.70. The van der Waals surface area contributed by atoms with Crippen molar-refractivity contribution in [2.75, 3.05) is 13.1 Å². The zero-order valence-corrected chi connectivity index (χ0v) is 17.7. The van der Waals surface area contributed by atoms with E-state index in [2.05, 4.69) is 18.5 Å². The van der Waals surface area contributed by atoms with Crippen molar-refractivity contribution < 1.29 is 79.7 Å². The van der Waals surface area contributed by atoms with Crippen molar-refractivity contribution in [2.24, 2.45) is 0 Å². The number of hydrogen-bond acceptors (Lipinski definition) is 2. The van der Waals surface area contributed by atoms with Gasteiger partial charge in [-0.2, -0.15) is 74.6 Å². The Morgan fingerprint density at radius 3 is 1.43 bits per heavy atom. The number of allylic oxidation sites excluding steroid dienone is 2. The molecule has 0 aromatic rings. The largest absolute Gasteiger partial charge is 0.460 e. The van der Waals surface area contributed by atoms with Gasteiger partial charge in [0, 0.05) is 19.5 Å². The van der Waals surface area contributed by atoms with E-state index in [0.29, 0.717) is 0 Å². The fourth-order valence-electron chi connectivity index (χ4n) is 2.36. The van der Waals surface area contributed by atoms with Gasteiger partial charge in [-0.15, -0.1) is 0 Å². The van der Waals surface area contributed by atoms with E-state index in [4.69, 9.17) is 0 Å². The minimum Gasteiger partial charge on any atom is -0.392 e. The van der Waals surface area contributed by atoms with Crippen molar-refractivity contribution in [3.63, 3.8) is 0 Å². The predicted octanol–water partition coefficient (Wildman–Crippen LogP) is 6.63. The first-order valence-electron chi connectivity index (χ1n) is 9.17. The van der Waals surface area contributed by atoms with Crippen molar-refractivity contribution in [3.05, 3.63) is 37.0 Å². The molecule has 0 aromatic carbocycles. The van der Waals surface area contributed by atoms with Crippen LogP contribution in [0.25, 0.3) is 0 Å². The van der Waals surface area contributed by atoms with Crippen LogP contribution in [0.15, 0.2) is 37.0 Å². The number of aliphatic hydroxyl groups excluding tert-OH is 1. The summed E-state index contributed by atoms with van der Waals surface area (Å²) < 4.78 is 224. The van der Waals surface area contributed by atoms with Crippen LogP contribution >= 0.6 is 0 Å². The van der Waals surface area contributed by atoms with E-state index in [9.17, 15) is 79.7 Å². The molecule has 0 rings (SSSR count). The number of nitrogens with one attached hydrogen (secondary N) is 1. The summed E-state index contributed by atoms with van der Waals surface area (Å²) in [6, 6.07) is 0. The number of hydrogen-bond donors (Lipinski definition) is 2. The summed E-state index contributed by atoms with van der Waals surface area (Å²) in [4.78, 5) is 0. The Balaban J connectivity index is 6.10. The second-order valence-corrected chi connectivity index (χ2v) is 7.39. The fraction of sp³-hybridized carbons (Fsp3) is 0.667. The van der Waals surface area contributed by atoms with Gasteiger partial charge in [-0.05, 0) is 5.57 Å². The van der Waals surface area contributed by atoms with Gasteiger partial charge in [0.15, 0.2) is 0 Å². The van der Waals surface area contributed by atoms with Gasteiger partial charge in [-0.25, -0.2) is 0 Å². The Bertz CT molecular complexity index is 844. The highest BCUT2D eigenvalue weighted by Gasteiger charge is 2.95. The second-order valence-electron chi connectivity index (χ2n) is 7.39. The molecule has 0 aromatic heterocycles. The van der Waals surface area contributed by atoms with E-state index < -0.39 is 66.7 Å². The molecule has 0 aliphatic rings. The lowest BCUT2D eigenvalue weighted by Crippen LogP contribution is -2.74. The highest BCUT2D eigenvalue weighted by Crippen LogP contribution is 2.64. The molecule has 0 bridgehead atoms. The quantitative estimate of drug-likeness (QED) is 0.177. The Labute approximate surface area is 196 Å². The maximum Gasteiger partial charge on any atom is 0.460 e. The summed E-state index contributed by atoms with van der Waals surface area (Å²) in [5, 5.41) is 11.4. The van der Waals surface area contributed by atoms with Crippen LogP contribution in [0.2, 0.25) is 0 Å². The van der Waals surface area contributed by atoms with Crippen LogP contribution in [-0.4, -0.2) is 71.9 Å². The van der Waals surface area contributed by atoms with E-state index in [1.165, 1.54) is 18.2 Å². The lowest BCUT2D eigenvalue weighted by molar-refractivity contribution is -0.462. The molecule has 0 aliphatic heterocycles. The summed E-state index contributed by atoms with van der Waals surface area (Å²) in [6.07, 6.45) is -9.78. The van der Waals surface area contributed by atoms with Crippen molar-refractivity contribution in [2.45, 2.75) is 60.2 Å². The molecule has 0 radical (unpaired) electrons. The van der Waals surface area contributed by atoms with Gasteiger partial charge < -0.3 is 10.4 Å². The highest BCUT2D eigenvalue weighted by molar-refractivity contribution is 5.19. The van der Waals surface area contributed by atoms with Gasteiger partial charge in [-0.3, -0.25) is 0 Å². The molecule has 1 atom stereocenters. The third-order valence-corrected chi connectivity index (χ3v) is 4.48. The van der Waals surface area contributed by atoms with Gasteiger partial charge in [0.25, 0.3) is 0 Å². The van der Waals surface area contributed by atoms with Crippen LogP contribution in [-0.2, 0) is 0 Å². The highest BCUT2D eigenvalue weighted by atomic mass is 19.4. The first-order valence-corrected chi connectivity index (χ1v) is 9.17. The summed E-state index contributed by atoms with van der Waals surface area (Å²) in [5.41, 5.74) is 0.134. The van der Waals surface area contributed by atoms with Gasteiger partial charge >= 0.3 is 47.6 Å². The maximum atomic E-state index is 13.8. The number of aliphatic hydroxyl groups is 1. The van der Waals surface area contributed by atoms with Crippen LogP contribution in [0.5, 0.6) is 0 Å². The molecule has 19 heteroatoms. The van der Waals surface area contributed by atoms with E-state index in [1.807, 2.05) is 0 Å².